The predicted molar refractivity (Wildman–Crippen MR) is 47.5 cm³/mol. The number of nitrogens with zero attached hydrogens (tertiary/aromatic N) is 4. The predicted octanol–water partition coefficient (Wildman–Crippen LogP) is 0.383. The van der Waals surface area contributed by atoms with Crippen LogP contribution in [0.2, 0.25) is 0 Å². The molecule has 0 atom stereocenters. The highest BCUT2D eigenvalue weighted by Gasteiger charge is 2.08. The zero-order valence-corrected chi connectivity index (χ0v) is 7.43. The molecule has 0 aromatic carbocycles. The molecule has 70 valence electrons. The molecule has 2 aromatic rings. The number of aryl methyl sites for hydroxylation is 1. The number of H-pyrrole nitrogens is 1. The van der Waals surface area contributed by atoms with Crippen molar-refractivity contribution in [2.45, 2.75) is 6.92 Å². The summed E-state index contributed by atoms with van der Waals surface area (Å²) in [6.45, 7) is 1.83. The molecule has 0 bridgehead atoms. The van der Waals surface area contributed by atoms with Gasteiger partial charge in [-0.25, -0.2) is 15.0 Å². The quantitative estimate of drug-likeness (QED) is 0.690. The van der Waals surface area contributed by atoms with E-state index in [2.05, 4.69) is 25.1 Å². The maximum absolute atomic E-state index is 10.5. The van der Waals surface area contributed by atoms with E-state index in [0.717, 1.165) is 5.56 Å². The first-order chi connectivity index (χ1) is 6.81. The number of aldehydes is 1. The molecule has 6 nitrogen and oxygen atoms in total. The number of rotatable bonds is 2. The van der Waals surface area contributed by atoms with Gasteiger partial charge in [-0.1, -0.05) is 0 Å². The average Bonchev–Trinajstić information content (AvgIpc) is 2.71. The smallest absolute Gasteiger partial charge is 0.199 e. The van der Waals surface area contributed by atoms with E-state index in [1.54, 1.807) is 6.20 Å². The molecule has 2 heterocycles. The van der Waals surface area contributed by atoms with Crippen LogP contribution in [0.4, 0.5) is 0 Å². The Morgan fingerprint density at radius 2 is 2.29 bits per heavy atom. The summed E-state index contributed by atoms with van der Waals surface area (Å²) in [6.07, 6.45) is 3.62. The number of aromatic amines is 1. The Balaban J connectivity index is 2.57. The van der Waals surface area contributed by atoms with Gasteiger partial charge in [0.25, 0.3) is 0 Å². The highest BCUT2D eigenvalue weighted by Crippen LogP contribution is 2.14. The number of hydrogen-bond acceptors (Lipinski definition) is 5. The molecular formula is C8H7N5O. The second kappa shape index (κ2) is 3.33. The molecule has 0 saturated heterocycles. The van der Waals surface area contributed by atoms with Crippen LogP contribution in [-0.2, 0) is 0 Å². The Kier molecular flexibility index (Phi) is 2.02. The summed E-state index contributed by atoms with van der Waals surface area (Å²) < 4.78 is 0. The molecule has 6 heteroatoms. The van der Waals surface area contributed by atoms with E-state index in [1.165, 1.54) is 6.33 Å². The lowest BCUT2D eigenvalue weighted by atomic mass is 10.2. The summed E-state index contributed by atoms with van der Waals surface area (Å²) in [5.41, 5.74) is 1.40. The minimum absolute atomic E-state index is 0.135. The van der Waals surface area contributed by atoms with Gasteiger partial charge in [0.15, 0.2) is 17.9 Å². The highest BCUT2D eigenvalue weighted by atomic mass is 16.1. The molecule has 14 heavy (non-hydrogen) atoms. The van der Waals surface area contributed by atoms with Gasteiger partial charge in [-0.2, -0.15) is 5.10 Å². The normalized spacial score (nSPS) is 10.1. The molecule has 0 radical (unpaired) electrons. The Hall–Kier alpha value is -2.11. The van der Waals surface area contributed by atoms with Gasteiger partial charge >= 0.3 is 0 Å². The van der Waals surface area contributed by atoms with E-state index in [9.17, 15) is 4.79 Å². The van der Waals surface area contributed by atoms with E-state index < -0.39 is 0 Å². The molecule has 0 unspecified atom stereocenters. The van der Waals surface area contributed by atoms with Crippen molar-refractivity contribution in [3.63, 3.8) is 0 Å². The topological polar surface area (TPSA) is 84.4 Å². The summed E-state index contributed by atoms with van der Waals surface area (Å²) in [5, 5.41) is 6.46. The fraction of sp³-hybridized carbons (Fsp3) is 0.125. The lowest BCUT2D eigenvalue weighted by molar-refractivity contribution is 0.111. The third-order valence-corrected chi connectivity index (χ3v) is 1.72. The van der Waals surface area contributed by atoms with E-state index in [-0.39, 0.29) is 5.82 Å². The molecule has 0 amide bonds. The van der Waals surface area contributed by atoms with Gasteiger partial charge in [-0.05, 0) is 12.5 Å². The lowest BCUT2D eigenvalue weighted by Gasteiger charge is -1.99. The second-order valence-electron chi connectivity index (χ2n) is 2.70. The van der Waals surface area contributed by atoms with Gasteiger partial charge in [0.2, 0.25) is 0 Å². The van der Waals surface area contributed by atoms with Gasteiger partial charge < -0.3 is 0 Å². The van der Waals surface area contributed by atoms with Crippen LogP contribution < -0.4 is 0 Å². The van der Waals surface area contributed by atoms with Crippen molar-refractivity contribution in [3.8, 4) is 11.5 Å². The van der Waals surface area contributed by atoms with Crippen LogP contribution in [0.1, 0.15) is 16.2 Å². The number of carbonyl (C=O) groups is 1. The van der Waals surface area contributed by atoms with E-state index in [1.807, 2.05) is 6.92 Å². The molecule has 2 aromatic heterocycles. The molecule has 0 fully saturated rings. The summed E-state index contributed by atoms with van der Waals surface area (Å²) >= 11 is 0. The van der Waals surface area contributed by atoms with Gasteiger partial charge in [0.1, 0.15) is 12.0 Å². The van der Waals surface area contributed by atoms with Crippen LogP contribution in [0.15, 0.2) is 12.5 Å². The van der Waals surface area contributed by atoms with Crippen LogP contribution in [0.25, 0.3) is 11.5 Å². The third kappa shape index (κ3) is 1.37. The van der Waals surface area contributed by atoms with E-state index in [0.29, 0.717) is 17.8 Å². The van der Waals surface area contributed by atoms with Crippen LogP contribution >= 0.6 is 0 Å². The Morgan fingerprint density at radius 1 is 1.43 bits per heavy atom. The Labute approximate surface area is 79.4 Å². The van der Waals surface area contributed by atoms with Gasteiger partial charge in [0, 0.05) is 6.20 Å². The molecule has 0 aliphatic rings. The van der Waals surface area contributed by atoms with Crippen LogP contribution in [-0.4, -0.2) is 31.4 Å². The highest BCUT2D eigenvalue weighted by molar-refractivity contribution is 5.70. The molecule has 0 aliphatic heterocycles. The molecule has 0 spiro atoms. The van der Waals surface area contributed by atoms with Crippen LogP contribution in [0.5, 0.6) is 0 Å². The minimum Gasteiger partial charge on any atom is -0.294 e. The van der Waals surface area contributed by atoms with Crippen molar-refractivity contribution in [2.24, 2.45) is 0 Å². The Morgan fingerprint density at radius 3 is 2.93 bits per heavy atom. The fourth-order valence-corrected chi connectivity index (χ4v) is 1.06. The van der Waals surface area contributed by atoms with Gasteiger partial charge in [0.05, 0.1) is 0 Å². The number of hydrogen-bond donors (Lipinski definition) is 1. The van der Waals surface area contributed by atoms with Crippen LogP contribution in [0, 0.1) is 6.92 Å². The average molecular weight is 189 g/mol. The van der Waals surface area contributed by atoms with Gasteiger partial charge in [-0.15, -0.1) is 0 Å². The van der Waals surface area contributed by atoms with Crippen molar-refractivity contribution in [1.29, 1.82) is 0 Å². The first kappa shape index (κ1) is 8.49. The van der Waals surface area contributed by atoms with Crippen LogP contribution in [0.3, 0.4) is 0 Å². The van der Waals surface area contributed by atoms with Gasteiger partial charge in [-0.3, -0.25) is 9.89 Å². The largest absolute Gasteiger partial charge is 0.294 e. The summed E-state index contributed by atoms with van der Waals surface area (Å²) in [5.74, 6) is 0.600. The second-order valence-corrected chi connectivity index (χ2v) is 2.70. The van der Waals surface area contributed by atoms with Crippen molar-refractivity contribution >= 4 is 6.29 Å². The fourth-order valence-electron chi connectivity index (χ4n) is 1.06. The maximum Gasteiger partial charge on any atom is 0.199 e. The number of nitrogens with one attached hydrogen (secondary N) is 1. The van der Waals surface area contributed by atoms with E-state index >= 15 is 0 Å². The van der Waals surface area contributed by atoms with Crippen molar-refractivity contribution in [2.75, 3.05) is 0 Å². The third-order valence-electron chi connectivity index (χ3n) is 1.72. The SMILES string of the molecule is Cc1cnc(C=O)nc1-c1nc[nH]n1. The van der Waals surface area contributed by atoms with E-state index in [4.69, 9.17) is 0 Å². The molecule has 1 N–H and O–H groups in total. The molecule has 2 rings (SSSR count). The van der Waals surface area contributed by atoms with Crippen molar-refractivity contribution < 1.29 is 4.79 Å². The minimum atomic E-state index is 0.135. The van der Waals surface area contributed by atoms with Crippen molar-refractivity contribution in [1.82, 2.24) is 25.1 Å². The first-order valence-corrected chi connectivity index (χ1v) is 3.96. The summed E-state index contributed by atoms with van der Waals surface area (Å²) in [4.78, 5) is 22.2. The monoisotopic (exact) mass is 189 g/mol. The zero-order valence-electron chi connectivity index (χ0n) is 7.43. The molecule has 0 aliphatic carbocycles. The first-order valence-electron chi connectivity index (χ1n) is 3.96. The lowest BCUT2D eigenvalue weighted by Crippen LogP contribution is -1.98. The Bertz CT molecular complexity index is 451. The van der Waals surface area contributed by atoms with Crippen molar-refractivity contribution in [3.05, 3.63) is 23.9 Å². The summed E-state index contributed by atoms with van der Waals surface area (Å²) in [6, 6.07) is 0. The standard InChI is InChI=1S/C8H7N5O/c1-5-2-9-6(3-14)12-7(5)8-10-4-11-13-8/h2-4H,1H3,(H,10,11,13). The molecular weight excluding hydrogens is 182 g/mol. The number of carbonyl (C=O) groups excluding carboxylic acids is 1. The maximum atomic E-state index is 10.5. The molecule has 0 saturated carbocycles. The zero-order chi connectivity index (χ0) is 9.97. The number of aromatic nitrogens is 5. The summed E-state index contributed by atoms with van der Waals surface area (Å²) in [7, 11) is 0.